The van der Waals surface area contributed by atoms with Gasteiger partial charge in [-0.25, -0.2) is 9.79 Å². The molecule has 0 aliphatic rings. The number of carbonyl (C=O) groups excluding carboxylic acids is 1. The van der Waals surface area contributed by atoms with Gasteiger partial charge in [-0.05, 0) is 35.6 Å². The Morgan fingerprint density at radius 3 is 2.50 bits per heavy atom. The van der Waals surface area contributed by atoms with E-state index in [0.29, 0.717) is 5.69 Å². The molecule has 0 fully saturated rings. The zero-order chi connectivity index (χ0) is 24.2. The molecule has 0 aliphatic heterocycles. The maximum absolute atomic E-state index is 12.8. The first kappa shape index (κ1) is 23.0. The summed E-state index contributed by atoms with van der Waals surface area (Å²) in [5.74, 6) is -0.365. The second-order valence-corrected chi connectivity index (χ2v) is 8.41. The molecule has 3 aromatic carbocycles. The number of hydrogen-bond donors (Lipinski definition) is 2. The molecule has 1 heterocycles. The molecule has 0 saturated heterocycles. The average molecular weight is 515 g/mol. The first-order chi connectivity index (χ1) is 16.4. The van der Waals surface area contributed by atoms with Gasteiger partial charge in [0.05, 0.1) is 17.8 Å². The number of hydrogen-bond acceptors (Lipinski definition) is 4. The molecule has 1 aromatic heterocycles. The van der Waals surface area contributed by atoms with E-state index in [1.165, 1.54) is 13.1 Å². The fraction of sp³-hybridized carbons (Fsp3) is 0.0769. The van der Waals surface area contributed by atoms with E-state index in [2.05, 4.69) is 26.2 Å². The number of aliphatic imine (C=N–C) groups is 1. The summed E-state index contributed by atoms with van der Waals surface area (Å²) < 4.78 is 2.00. The Kier molecular flexibility index (Phi) is 6.57. The van der Waals surface area contributed by atoms with Crippen LogP contribution in [0.5, 0.6) is 5.88 Å². The van der Waals surface area contributed by atoms with Crippen LogP contribution in [0.2, 0.25) is 0 Å². The molecule has 168 valence electrons. The minimum absolute atomic E-state index is 0.0678. The van der Waals surface area contributed by atoms with E-state index in [4.69, 9.17) is 0 Å². The lowest BCUT2D eigenvalue weighted by atomic mass is 10.1. The summed E-state index contributed by atoms with van der Waals surface area (Å²) in [6.45, 7) is 1.60. The van der Waals surface area contributed by atoms with E-state index in [9.17, 15) is 20.0 Å². The Labute approximate surface area is 203 Å². The number of carbonyl (C=O) groups is 1. The number of halogens is 1. The molecule has 0 bridgehead atoms. The lowest BCUT2D eigenvalue weighted by molar-refractivity contribution is 0.259. The molecule has 2 amide bonds. The zero-order valence-electron chi connectivity index (χ0n) is 18.1. The van der Waals surface area contributed by atoms with Gasteiger partial charge in [0, 0.05) is 16.1 Å². The van der Waals surface area contributed by atoms with Crippen molar-refractivity contribution in [3.63, 3.8) is 0 Å². The summed E-state index contributed by atoms with van der Waals surface area (Å²) in [7, 11) is 0. The van der Waals surface area contributed by atoms with Crippen LogP contribution in [0, 0.1) is 18.3 Å². The number of urea groups is 1. The van der Waals surface area contributed by atoms with E-state index < -0.39 is 11.6 Å². The van der Waals surface area contributed by atoms with Crippen molar-refractivity contribution in [3.8, 4) is 11.9 Å². The predicted molar refractivity (Wildman–Crippen MR) is 136 cm³/mol. The maximum atomic E-state index is 12.8. The van der Waals surface area contributed by atoms with E-state index in [0.717, 1.165) is 25.4 Å². The van der Waals surface area contributed by atoms with Crippen molar-refractivity contribution in [2.45, 2.75) is 13.5 Å². The number of anilines is 1. The fourth-order valence-electron chi connectivity index (χ4n) is 3.68. The highest BCUT2D eigenvalue weighted by molar-refractivity contribution is 9.10. The van der Waals surface area contributed by atoms with Crippen molar-refractivity contribution in [2.24, 2.45) is 4.99 Å². The quantitative estimate of drug-likeness (QED) is 0.358. The van der Waals surface area contributed by atoms with Gasteiger partial charge in [0.15, 0.2) is 0 Å². The van der Waals surface area contributed by atoms with Gasteiger partial charge in [-0.1, -0.05) is 70.5 Å². The number of aromatic hydroxyl groups is 1. The number of amides is 2. The molecule has 0 saturated carbocycles. The van der Waals surface area contributed by atoms with Gasteiger partial charge in [0.2, 0.25) is 5.88 Å². The number of nitrogens with zero attached hydrogens (tertiary/aromatic N) is 3. The topological polar surface area (TPSA) is 107 Å². The highest BCUT2D eigenvalue weighted by Crippen LogP contribution is 2.30. The Bertz CT molecular complexity index is 1540. The zero-order valence-corrected chi connectivity index (χ0v) is 19.7. The summed E-state index contributed by atoms with van der Waals surface area (Å²) in [4.78, 5) is 29.3. The summed E-state index contributed by atoms with van der Waals surface area (Å²) in [5, 5.41) is 24.9. The van der Waals surface area contributed by atoms with Crippen LogP contribution in [0.1, 0.15) is 22.3 Å². The van der Waals surface area contributed by atoms with Crippen LogP contribution in [-0.4, -0.2) is 21.9 Å². The maximum Gasteiger partial charge on any atom is 0.345 e. The molecule has 8 heteroatoms. The summed E-state index contributed by atoms with van der Waals surface area (Å²) in [6, 6.07) is 21.5. The summed E-state index contributed by atoms with van der Waals surface area (Å²) >= 11 is 3.50. The van der Waals surface area contributed by atoms with E-state index >= 15 is 0 Å². The monoisotopic (exact) mass is 514 g/mol. The van der Waals surface area contributed by atoms with Gasteiger partial charge >= 0.3 is 6.03 Å². The third-order valence-corrected chi connectivity index (χ3v) is 6.14. The van der Waals surface area contributed by atoms with Crippen LogP contribution >= 0.6 is 15.9 Å². The van der Waals surface area contributed by atoms with Gasteiger partial charge < -0.3 is 10.4 Å². The Morgan fingerprint density at radius 1 is 1.12 bits per heavy atom. The van der Waals surface area contributed by atoms with Gasteiger partial charge in [-0.15, -0.1) is 0 Å². The minimum atomic E-state index is -0.661. The summed E-state index contributed by atoms with van der Waals surface area (Å²) in [5.41, 5.74) is 1.01. The molecule has 4 rings (SSSR count). The van der Waals surface area contributed by atoms with Crippen LogP contribution in [0.3, 0.4) is 0 Å². The Balaban J connectivity index is 1.68. The van der Waals surface area contributed by atoms with E-state index in [-0.39, 0.29) is 29.1 Å². The smallest absolute Gasteiger partial charge is 0.345 e. The summed E-state index contributed by atoms with van der Waals surface area (Å²) in [6.07, 6.45) is 1.17. The Morgan fingerprint density at radius 2 is 1.79 bits per heavy atom. The number of benzene rings is 3. The molecule has 0 atom stereocenters. The SMILES string of the molecule is Cc1c(C=NC(=O)Nc2ccc(Br)c3ccccc23)c(O)n(Cc2ccccc2)c(=O)c1C#N. The third-order valence-electron chi connectivity index (χ3n) is 5.45. The van der Waals surface area contributed by atoms with Crippen LogP contribution in [-0.2, 0) is 6.54 Å². The molecule has 0 radical (unpaired) electrons. The highest BCUT2D eigenvalue weighted by atomic mass is 79.9. The first-order valence-electron chi connectivity index (χ1n) is 10.3. The van der Waals surface area contributed by atoms with Gasteiger partial charge in [-0.3, -0.25) is 9.36 Å². The third kappa shape index (κ3) is 4.47. The number of pyridine rings is 1. The number of fused-ring (bicyclic) bond motifs is 1. The van der Waals surface area contributed by atoms with Crippen molar-refractivity contribution in [3.05, 3.63) is 104 Å². The Hall–Kier alpha value is -4.22. The number of nitrogens with one attached hydrogen (secondary N) is 1. The fourth-order valence-corrected chi connectivity index (χ4v) is 4.16. The molecule has 2 N–H and O–H groups in total. The van der Waals surface area contributed by atoms with Crippen molar-refractivity contribution in [1.29, 1.82) is 5.26 Å². The number of nitriles is 1. The van der Waals surface area contributed by atoms with Crippen molar-refractivity contribution >= 4 is 44.6 Å². The molecule has 0 aliphatic carbocycles. The lowest BCUT2D eigenvalue weighted by Crippen LogP contribution is -2.26. The van der Waals surface area contributed by atoms with Gasteiger partial charge in [-0.2, -0.15) is 5.26 Å². The second-order valence-electron chi connectivity index (χ2n) is 7.55. The van der Waals surface area contributed by atoms with E-state index in [1.807, 2.05) is 66.7 Å². The number of aromatic nitrogens is 1. The molecule has 0 unspecified atom stereocenters. The van der Waals surface area contributed by atoms with Crippen molar-refractivity contribution in [2.75, 3.05) is 5.32 Å². The minimum Gasteiger partial charge on any atom is -0.494 e. The standard InChI is InChI=1S/C26H19BrN4O3/c1-16-20(13-28)24(32)31(15-17-7-3-2-4-8-17)25(33)21(16)14-29-26(34)30-23-12-11-22(27)18-9-5-6-10-19(18)23/h2-12,14,33H,15H2,1H3,(H,30,34). The first-order valence-corrected chi connectivity index (χ1v) is 11.1. The largest absolute Gasteiger partial charge is 0.494 e. The van der Waals surface area contributed by atoms with E-state index in [1.54, 1.807) is 6.07 Å². The molecular formula is C26H19BrN4O3. The van der Waals surface area contributed by atoms with Crippen molar-refractivity contribution in [1.82, 2.24) is 4.57 Å². The molecule has 7 nitrogen and oxygen atoms in total. The normalized spacial score (nSPS) is 11.0. The molecule has 34 heavy (non-hydrogen) atoms. The second kappa shape index (κ2) is 9.73. The predicted octanol–water partition coefficient (Wildman–Crippen LogP) is 5.35. The van der Waals surface area contributed by atoms with Gasteiger partial charge in [0.25, 0.3) is 5.56 Å². The average Bonchev–Trinajstić information content (AvgIpc) is 2.84. The molecule has 4 aromatic rings. The van der Waals surface area contributed by atoms with Crippen molar-refractivity contribution < 1.29 is 9.90 Å². The lowest BCUT2D eigenvalue weighted by Gasteiger charge is -2.14. The highest BCUT2D eigenvalue weighted by Gasteiger charge is 2.18. The molecule has 0 spiro atoms. The van der Waals surface area contributed by atoms with Crippen LogP contribution in [0.25, 0.3) is 10.8 Å². The van der Waals surface area contributed by atoms with Gasteiger partial charge in [0.1, 0.15) is 11.6 Å². The van der Waals surface area contributed by atoms with Crippen LogP contribution < -0.4 is 10.9 Å². The molecular weight excluding hydrogens is 496 g/mol. The van der Waals surface area contributed by atoms with Crippen LogP contribution in [0.15, 0.2) is 81.0 Å². The van der Waals surface area contributed by atoms with Crippen LogP contribution in [0.4, 0.5) is 10.5 Å². The number of rotatable bonds is 4.